The third kappa shape index (κ3) is 3.66. The van der Waals surface area contributed by atoms with Crippen molar-refractivity contribution in [3.05, 3.63) is 34.5 Å². The molecule has 0 bridgehead atoms. The van der Waals surface area contributed by atoms with Gasteiger partial charge < -0.3 is 10.4 Å². The van der Waals surface area contributed by atoms with Crippen LogP contribution in [0.3, 0.4) is 0 Å². The highest BCUT2D eigenvalue weighted by atomic mass is 32.1. The summed E-state index contributed by atoms with van der Waals surface area (Å²) in [4.78, 5) is 16.8. The molecular weight excluding hydrogens is 276 g/mol. The number of hydrogen-bond donors (Lipinski definition) is 2. The molecule has 2 N–H and O–H groups in total. The Labute approximate surface area is 120 Å². The number of hydrogen-bond acceptors (Lipinski definition) is 5. The number of thiophene rings is 1. The second-order valence-electron chi connectivity index (χ2n) is 4.03. The van der Waals surface area contributed by atoms with Crippen LogP contribution in [0.5, 0.6) is 0 Å². The molecule has 6 nitrogen and oxygen atoms in total. The fraction of sp³-hybridized carbons (Fsp3) is 0.308. The van der Waals surface area contributed by atoms with Crippen molar-refractivity contribution in [2.75, 3.05) is 6.61 Å². The lowest BCUT2D eigenvalue weighted by atomic mass is 10.3. The Morgan fingerprint density at radius 3 is 3.20 bits per heavy atom. The molecule has 0 aliphatic carbocycles. The van der Waals surface area contributed by atoms with Gasteiger partial charge in [0.15, 0.2) is 0 Å². The zero-order chi connectivity index (χ0) is 14.4. The van der Waals surface area contributed by atoms with E-state index in [0.29, 0.717) is 6.54 Å². The molecule has 1 amide bonds. The summed E-state index contributed by atoms with van der Waals surface area (Å²) < 4.78 is 1.50. The van der Waals surface area contributed by atoms with E-state index < -0.39 is 6.04 Å². The molecule has 0 saturated carbocycles. The number of aliphatic hydroxyl groups is 1. The maximum Gasteiger partial charge on any atom is 0.244 e. The largest absolute Gasteiger partial charge is 0.384 e. The summed E-state index contributed by atoms with van der Waals surface area (Å²) in [6.45, 7) is 2.05. The van der Waals surface area contributed by atoms with Crippen molar-refractivity contribution in [2.45, 2.75) is 19.5 Å². The van der Waals surface area contributed by atoms with Gasteiger partial charge in [0, 0.05) is 15.8 Å². The van der Waals surface area contributed by atoms with Crippen LogP contribution in [-0.4, -0.2) is 32.4 Å². The third-order valence-electron chi connectivity index (χ3n) is 2.62. The minimum Gasteiger partial charge on any atom is -0.384 e. The number of nitrogens with zero attached hydrogens (tertiary/aromatic N) is 3. The van der Waals surface area contributed by atoms with Gasteiger partial charge in [-0.3, -0.25) is 4.79 Å². The monoisotopic (exact) mass is 290 g/mol. The standard InChI is InChI=1S/C13H14N4O2S/c1-10(17-9-14-8-16-17)13(19)15-6-12-5-11(7-20-12)3-2-4-18/h5,7-10,18H,4,6H2,1H3,(H,15,19). The van der Waals surface area contributed by atoms with Gasteiger partial charge in [-0.1, -0.05) is 11.8 Å². The van der Waals surface area contributed by atoms with Crippen molar-refractivity contribution >= 4 is 17.2 Å². The maximum atomic E-state index is 11.9. The number of nitrogens with one attached hydrogen (secondary N) is 1. The van der Waals surface area contributed by atoms with E-state index in [-0.39, 0.29) is 12.5 Å². The molecule has 2 aromatic rings. The zero-order valence-corrected chi connectivity index (χ0v) is 11.7. The summed E-state index contributed by atoms with van der Waals surface area (Å²) in [5.74, 6) is 5.29. The lowest BCUT2D eigenvalue weighted by molar-refractivity contribution is -0.124. The molecule has 104 valence electrons. The molecule has 0 radical (unpaired) electrons. The van der Waals surface area contributed by atoms with Crippen molar-refractivity contribution in [3.8, 4) is 11.8 Å². The van der Waals surface area contributed by atoms with Gasteiger partial charge in [-0.05, 0) is 13.0 Å². The van der Waals surface area contributed by atoms with Crippen LogP contribution in [0.25, 0.3) is 0 Å². The minimum absolute atomic E-state index is 0.119. The first-order chi connectivity index (χ1) is 9.70. The van der Waals surface area contributed by atoms with Gasteiger partial charge in [-0.15, -0.1) is 11.3 Å². The summed E-state index contributed by atoms with van der Waals surface area (Å²) >= 11 is 1.52. The van der Waals surface area contributed by atoms with Crippen molar-refractivity contribution in [1.82, 2.24) is 20.1 Å². The zero-order valence-electron chi connectivity index (χ0n) is 10.9. The second-order valence-corrected chi connectivity index (χ2v) is 5.03. The predicted octanol–water partition coefficient (Wildman–Crippen LogP) is 0.561. The van der Waals surface area contributed by atoms with Crippen LogP contribution in [-0.2, 0) is 11.3 Å². The molecule has 1 atom stereocenters. The van der Waals surface area contributed by atoms with E-state index in [1.807, 2.05) is 11.4 Å². The van der Waals surface area contributed by atoms with Crippen LogP contribution in [0.15, 0.2) is 24.1 Å². The van der Waals surface area contributed by atoms with Crippen molar-refractivity contribution < 1.29 is 9.90 Å². The highest BCUT2D eigenvalue weighted by Crippen LogP contribution is 2.14. The Morgan fingerprint density at radius 1 is 1.65 bits per heavy atom. The predicted molar refractivity (Wildman–Crippen MR) is 74.9 cm³/mol. The van der Waals surface area contributed by atoms with Gasteiger partial charge in [0.1, 0.15) is 25.3 Å². The van der Waals surface area contributed by atoms with Crippen LogP contribution in [0.4, 0.5) is 0 Å². The molecule has 2 rings (SSSR count). The minimum atomic E-state index is -0.397. The smallest absolute Gasteiger partial charge is 0.244 e. The Kier molecular flexibility index (Phi) is 4.87. The van der Waals surface area contributed by atoms with Crippen molar-refractivity contribution in [1.29, 1.82) is 0 Å². The van der Waals surface area contributed by atoms with E-state index in [9.17, 15) is 4.79 Å². The highest BCUT2D eigenvalue weighted by Gasteiger charge is 2.14. The molecular formula is C13H14N4O2S. The fourth-order valence-electron chi connectivity index (χ4n) is 1.54. The van der Waals surface area contributed by atoms with Gasteiger partial charge in [-0.2, -0.15) is 5.10 Å². The Balaban J connectivity index is 1.88. The van der Waals surface area contributed by atoms with Crippen LogP contribution in [0.1, 0.15) is 23.4 Å². The van der Waals surface area contributed by atoms with E-state index in [4.69, 9.17) is 5.11 Å². The molecule has 0 aliphatic rings. The molecule has 1 unspecified atom stereocenters. The van der Waals surface area contributed by atoms with E-state index in [1.165, 1.54) is 28.7 Å². The summed E-state index contributed by atoms with van der Waals surface area (Å²) in [7, 11) is 0. The molecule has 0 spiro atoms. The van der Waals surface area contributed by atoms with Gasteiger partial charge in [0.25, 0.3) is 0 Å². The summed E-state index contributed by atoms with van der Waals surface area (Å²) in [5.41, 5.74) is 0.845. The second kappa shape index (κ2) is 6.84. The van der Waals surface area contributed by atoms with Crippen LogP contribution in [0, 0.1) is 11.8 Å². The first-order valence-electron chi connectivity index (χ1n) is 5.99. The summed E-state index contributed by atoms with van der Waals surface area (Å²) in [6.07, 6.45) is 2.91. The number of rotatable bonds is 4. The first-order valence-corrected chi connectivity index (χ1v) is 6.87. The van der Waals surface area contributed by atoms with Crippen molar-refractivity contribution in [2.24, 2.45) is 0 Å². The molecule has 0 aromatic carbocycles. The average molecular weight is 290 g/mol. The van der Waals surface area contributed by atoms with Crippen LogP contribution >= 0.6 is 11.3 Å². The van der Waals surface area contributed by atoms with E-state index in [2.05, 4.69) is 27.2 Å². The molecule has 20 heavy (non-hydrogen) atoms. The Hall–Kier alpha value is -2.17. The van der Waals surface area contributed by atoms with Gasteiger partial charge in [0.2, 0.25) is 5.91 Å². The number of aromatic nitrogens is 3. The lowest BCUT2D eigenvalue weighted by Gasteiger charge is -2.11. The quantitative estimate of drug-likeness (QED) is 0.806. The number of aliphatic hydroxyl groups excluding tert-OH is 1. The maximum absolute atomic E-state index is 11.9. The summed E-state index contributed by atoms with van der Waals surface area (Å²) in [6, 6.07) is 1.50. The van der Waals surface area contributed by atoms with Crippen LogP contribution in [0.2, 0.25) is 0 Å². The average Bonchev–Trinajstić information content (AvgIpc) is 3.13. The number of carbonyl (C=O) groups is 1. The van der Waals surface area contributed by atoms with E-state index >= 15 is 0 Å². The van der Waals surface area contributed by atoms with E-state index in [0.717, 1.165) is 10.4 Å². The Bertz CT molecular complexity index is 624. The lowest BCUT2D eigenvalue weighted by Crippen LogP contribution is -2.30. The third-order valence-corrected chi connectivity index (χ3v) is 3.55. The van der Waals surface area contributed by atoms with Gasteiger partial charge in [-0.25, -0.2) is 9.67 Å². The normalized spacial score (nSPS) is 11.5. The highest BCUT2D eigenvalue weighted by molar-refractivity contribution is 7.10. The van der Waals surface area contributed by atoms with Crippen molar-refractivity contribution in [3.63, 3.8) is 0 Å². The van der Waals surface area contributed by atoms with Gasteiger partial charge in [0.05, 0.1) is 6.54 Å². The molecule has 7 heteroatoms. The fourth-order valence-corrected chi connectivity index (χ4v) is 2.30. The van der Waals surface area contributed by atoms with E-state index in [1.54, 1.807) is 6.92 Å². The number of amides is 1. The number of carbonyl (C=O) groups excluding carboxylic acids is 1. The summed E-state index contributed by atoms with van der Waals surface area (Å²) in [5, 5.41) is 17.3. The van der Waals surface area contributed by atoms with Crippen LogP contribution < -0.4 is 5.32 Å². The topological polar surface area (TPSA) is 80.0 Å². The molecule has 0 fully saturated rings. The van der Waals surface area contributed by atoms with Gasteiger partial charge >= 0.3 is 0 Å². The SMILES string of the molecule is CC(C(=O)NCc1cc(C#CCO)cs1)n1cncn1. The first kappa shape index (κ1) is 14.2. The molecule has 0 saturated heterocycles. The molecule has 2 heterocycles. The molecule has 0 aliphatic heterocycles. The molecule has 2 aromatic heterocycles. The Morgan fingerprint density at radius 2 is 2.50 bits per heavy atom.